The second-order valence-electron chi connectivity index (χ2n) is 8.57. The summed E-state index contributed by atoms with van der Waals surface area (Å²) in [5.74, 6) is 2.97. The van der Waals surface area contributed by atoms with E-state index >= 15 is 0 Å². The van der Waals surface area contributed by atoms with Crippen molar-refractivity contribution in [2.24, 2.45) is 28.6 Å². The molecule has 1 nitrogen and oxygen atoms in total. The van der Waals surface area contributed by atoms with E-state index in [4.69, 9.17) is 0 Å². The van der Waals surface area contributed by atoms with Crippen molar-refractivity contribution in [3.05, 3.63) is 0 Å². The van der Waals surface area contributed by atoms with Gasteiger partial charge in [-0.05, 0) is 61.7 Å². The fourth-order valence-electron chi connectivity index (χ4n) is 6.17. The molecule has 0 aromatic carbocycles. The smallest absolute Gasteiger partial charge is 0.139 e. The van der Waals surface area contributed by atoms with Gasteiger partial charge in [0.15, 0.2) is 0 Å². The molecular weight excluding hydrogens is 232 g/mol. The molecule has 0 spiro atoms. The van der Waals surface area contributed by atoms with Gasteiger partial charge in [0.2, 0.25) is 0 Å². The molecule has 0 heterocycles. The van der Waals surface area contributed by atoms with Crippen LogP contribution < -0.4 is 0 Å². The van der Waals surface area contributed by atoms with Gasteiger partial charge in [-0.1, -0.05) is 33.6 Å². The van der Waals surface area contributed by atoms with Gasteiger partial charge >= 0.3 is 0 Å². The Hall–Kier alpha value is -0.330. The lowest BCUT2D eigenvalue weighted by atomic mass is 9.43. The second-order valence-corrected chi connectivity index (χ2v) is 8.57. The summed E-state index contributed by atoms with van der Waals surface area (Å²) in [5, 5.41) is 0. The molecule has 0 aromatic heterocycles. The average molecular weight is 262 g/mol. The molecule has 4 saturated carbocycles. The van der Waals surface area contributed by atoms with Crippen molar-refractivity contribution in [1.82, 2.24) is 0 Å². The fraction of sp³-hybridized carbons (Fsp3) is 0.944. The number of hydrogen-bond donors (Lipinski definition) is 0. The fourth-order valence-corrected chi connectivity index (χ4v) is 6.17. The van der Waals surface area contributed by atoms with Crippen molar-refractivity contribution in [2.45, 2.75) is 78.6 Å². The lowest BCUT2D eigenvalue weighted by Gasteiger charge is -2.60. The topological polar surface area (TPSA) is 17.1 Å². The number of hydrogen-bond acceptors (Lipinski definition) is 1. The monoisotopic (exact) mass is 262 g/mol. The Morgan fingerprint density at radius 2 is 1.84 bits per heavy atom. The van der Waals surface area contributed by atoms with Gasteiger partial charge in [0, 0.05) is 11.8 Å². The first-order valence-electron chi connectivity index (χ1n) is 8.48. The summed E-state index contributed by atoms with van der Waals surface area (Å²) in [7, 11) is 0. The molecule has 0 N–H and O–H groups in total. The van der Waals surface area contributed by atoms with Crippen LogP contribution in [0.5, 0.6) is 0 Å². The first-order valence-corrected chi connectivity index (χ1v) is 8.48. The van der Waals surface area contributed by atoms with Gasteiger partial charge in [-0.15, -0.1) is 0 Å². The van der Waals surface area contributed by atoms with E-state index in [9.17, 15) is 4.79 Å². The summed E-state index contributed by atoms with van der Waals surface area (Å²) in [6.45, 7) is 6.96. The number of ketones is 1. The zero-order chi connectivity index (χ0) is 13.7. The number of carbonyl (C=O) groups excluding carboxylic acids is 1. The minimum atomic E-state index is 0.112. The van der Waals surface area contributed by atoms with Crippen LogP contribution in [0.25, 0.3) is 0 Å². The number of rotatable bonds is 5. The Kier molecular flexibility index (Phi) is 3.30. The van der Waals surface area contributed by atoms with Crippen molar-refractivity contribution >= 4 is 5.78 Å². The van der Waals surface area contributed by atoms with Crippen LogP contribution in [-0.4, -0.2) is 5.78 Å². The Morgan fingerprint density at radius 1 is 1.21 bits per heavy atom. The van der Waals surface area contributed by atoms with Gasteiger partial charge in [-0.3, -0.25) is 4.79 Å². The van der Waals surface area contributed by atoms with Gasteiger partial charge in [-0.25, -0.2) is 0 Å². The average Bonchev–Trinajstić information content (AvgIpc) is 2.25. The third kappa shape index (κ3) is 2.38. The maximum Gasteiger partial charge on any atom is 0.139 e. The molecular formula is C18H30O. The maximum absolute atomic E-state index is 12.9. The van der Waals surface area contributed by atoms with E-state index < -0.39 is 0 Å². The van der Waals surface area contributed by atoms with Crippen LogP contribution in [0.1, 0.15) is 78.6 Å². The molecule has 4 bridgehead atoms. The zero-order valence-electron chi connectivity index (χ0n) is 13.0. The summed E-state index contributed by atoms with van der Waals surface area (Å²) in [5.41, 5.74) is 0.620. The van der Waals surface area contributed by atoms with Gasteiger partial charge in [0.05, 0.1) is 0 Å². The van der Waals surface area contributed by atoms with Crippen LogP contribution in [0.2, 0.25) is 0 Å². The lowest BCUT2D eigenvalue weighted by Crippen LogP contribution is -2.54. The second kappa shape index (κ2) is 4.60. The van der Waals surface area contributed by atoms with Crippen molar-refractivity contribution in [2.75, 3.05) is 0 Å². The van der Waals surface area contributed by atoms with E-state index in [2.05, 4.69) is 20.8 Å². The van der Waals surface area contributed by atoms with Gasteiger partial charge < -0.3 is 0 Å². The van der Waals surface area contributed by atoms with Crippen LogP contribution in [0.3, 0.4) is 0 Å². The molecule has 4 aliphatic carbocycles. The van der Waals surface area contributed by atoms with Gasteiger partial charge in [0.25, 0.3) is 0 Å². The van der Waals surface area contributed by atoms with Gasteiger partial charge in [0.1, 0.15) is 5.78 Å². The van der Waals surface area contributed by atoms with E-state index in [1.165, 1.54) is 51.4 Å². The highest BCUT2D eigenvalue weighted by molar-refractivity contribution is 5.85. The van der Waals surface area contributed by atoms with Gasteiger partial charge in [-0.2, -0.15) is 0 Å². The molecule has 0 aromatic rings. The Morgan fingerprint density at radius 3 is 2.37 bits per heavy atom. The standard InChI is InChI=1S/C18H30O/c1-4-5-13(2)6-16(19)18-10-14-7-15(11-18)9-17(3,8-14)12-18/h13-15H,4-12H2,1-3H3. The first kappa shape index (κ1) is 13.6. The lowest BCUT2D eigenvalue weighted by molar-refractivity contribution is -0.153. The van der Waals surface area contributed by atoms with E-state index in [0.717, 1.165) is 18.3 Å². The largest absolute Gasteiger partial charge is 0.299 e. The van der Waals surface area contributed by atoms with Crippen molar-refractivity contribution in [3.8, 4) is 0 Å². The van der Waals surface area contributed by atoms with Crippen molar-refractivity contribution in [3.63, 3.8) is 0 Å². The molecule has 4 aliphatic rings. The molecule has 0 amide bonds. The maximum atomic E-state index is 12.9. The quantitative estimate of drug-likeness (QED) is 0.682. The molecule has 3 unspecified atom stereocenters. The van der Waals surface area contributed by atoms with E-state index in [-0.39, 0.29) is 5.41 Å². The molecule has 3 atom stereocenters. The normalized spacial score (nSPS) is 45.4. The highest BCUT2D eigenvalue weighted by Gasteiger charge is 2.58. The van der Waals surface area contributed by atoms with E-state index in [1.807, 2.05) is 0 Å². The molecule has 19 heavy (non-hydrogen) atoms. The minimum Gasteiger partial charge on any atom is -0.299 e. The molecule has 108 valence electrons. The van der Waals surface area contributed by atoms with Crippen LogP contribution in [0.4, 0.5) is 0 Å². The molecule has 1 heteroatoms. The van der Waals surface area contributed by atoms with Crippen molar-refractivity contribution < 1.29 is 4.79 Å². The first-order chi connectivity index (χ1) is 8.95. The molecule has 4 fully saturated rings. The molecule has 0 aliphatic heterocycles. The van der Waals surface area contributed by atoms with Crippen LogP contribution in [-0.2, 0) is 4.79 Å². The highest BCUT2D eigenvalue weighted by Crippen LogP contribution is 2.65. The Balaban J connectivity index is 1.74. The van der Waals surface area contributed by atoms with E-state index in [0.29, 0.717) is 17.1 Å². The summed E-state index contributed by atoms with van der Waals surface area (Å²) in [4.78, 5) is 12.9. The van der Waals surface area contributed by atoms with Crippen LogP contribution in [0.15, 0.2) is 0 Å². The summed E-state index contributed by atoms with van der Waals surface area (Å²) < 4.78 is 0. The summed E-state index contributed by atoms with van der Waals surface area (Å²) in [6.07, 6.45) is 11.2. The Bertz CT molecular complexity index is 356. The van der Waals surface area contributed by atoms with Crippen molar-refractivity contribution in [1.29, 1.82) is 0 Å². The predicted octanol–water partition coefficient (Wildman–Crippen LogP) is 4.99. The SMILES string of the molecule is CCCC(C)CC(=O)C12CC3CC(CC(C)(C3)C1)C2. The third-order valence-corrected chi connectivity index (χ3v) is 6.26. The van der Waals surface area contributed by atoms with E-state index in [1.54, 1.807) is 0 Å². The summed E-state index contributed by atoms with van der Waals surface area (Å²) in [6, 6.07) is 0. The molecule has 4 rings (SSSR count). The van der Waals surface area contributed by atoms with Crippen LogP contribution in [0, 0.1) is 28.6 Å². The number of carbonyl (C=O) groups is 1. The summed E-state index contributed by atoms with van der Waals surface area (Å²) >= 11 is 0. The third-order valence-electron chi connectivity index (χ3n) is 6.26. The van der Waals surface area contributed by atoms with Crippen LogP contribution >= 0.6 is 0 Å². The zero-order valence-corrected chi connectivity index (χ0v) is 13.0. The Labute approximate surface area is 118 Å². The minimum absolute atomic E-state index is 0.112. The highest BCUT2D eigenvalue weighted by atomic mass is 16.1. The molecule has 0 radical (unpaired) electrons. The predicted molar refractivity (Wildman–Crippen MR) is 78.9 cm³/mol. The molecule has 0 saturated heterocycles. The number of Topliss-reactive ketones (excluding diaryl/α,β-unsaturated/α-hetero) is 1.